The Labute approximate surface area is 127 Å². The summed E-state index contributed by atoms with van der Waals surface area (Å²) in [5, 5.41) is 8.06. The predicted octanol–water partition coefficient (Wildman–Crippen LogP) is 3.80. The molecule has 2 aromatic rings. The second-order valence-corrected chi connectivity index (χ2v) is 5.70. The molecule has 2 rings (SSSR count). The molecule has 2 aromatic carbocycles. The Morgan fingerprint density at radius 2 is 1.95 bits per heavy atom. The molecule has 104 valence electrons. The van der Waals surface area contributed by atoms with Crippen LogP contribution in [0, 0.1) is 5.41 Å². The topological polar surface area (TPSA) is 59.1 Å². The molecule has 0 aliphatic carbocycles. The van der Waals surface area contributed by atoms with Crippen LogP contribution in [-0.4, -0.2) is 18.2 Å². The maximum Gasteiger partial charge on any atom is 0.122 e. The fourth-order valence-electron chi connectivity index (χ4n) is 1.61. The lowest BCUT2D eigenvalue weighted by atomic mass is 10.2. The van der Waals surface area contributed by atoms with Crippen molar-refractivity contribution in [3.63, 3.8) is 0 Å². The van der Waals surface area contributed by atoms with Gasteiger partial charge in [-0.15, -0.1) is 11.8 Å². The zero-order valence-electron chi connectivity index (χ0n) is 10.8. The van der Waals surface area contributed by atoms with E-state index in [4.69, 9.17) is 27.5 Å². The monoisotopic (exact) mass is 306 g/mol. The van der Waals surface area contributed by atoms with Gasteiger partial charge in [0.15, 0.2) is 0 Å². The van der Waals surface area contributed by atoms with Gasteiger partial charge in [-0.25, -0.2) is 0 Å². The minimum atomic E-state index is 0.0630. The molecule has 0 unspecified atom stereocenters. The molecule has 0 bridgehead atoms. The Morgan fingerprint density at radius 1 is 1.20 bits per heavy atom. The molecule has 0 atom stereocenters. The number of hydrogen-bond donors (Lipinski definition) is 2. The zero-order chi connectivity index (χ0) is 14.4. The van der Waals surface area contributed by atoms with Crippen molar-refractivity contribution in [3.8, 4) is 5.75 Å². The van der Waals surface area contributed by atoms with Gasteiger partial charge >= 0.3 is 0 Å². The lowest BCUT2D eigenvalue weighted by Gasteiger charge is -2.07. The predicted molar refractivity (Wildman–Crippen MR) is 85.1 cm³/mol. The largest absolute Gasteiger partial charge is 0.493 e. The average Bonchev–Trinajstić information content (AvgIpc) is 2.44. The van der Waals surface area contributed by atoms with Crippen LogP contribution in [0.2, 0.25) is 5.02 Å². The van der Waals surface area contributed by atoms with Crippen molar-refractivity contribution >= 4 is 29.2 Å². The first-order chi connectivity index (χ1) is 9.65. The van der Waals surface area contributed by atoms with E-state index in [-0.39, 0.29) is 5.84 Å². The van der Waals surface area contributed by atoms with E-state index in [1.54, 1.807) is 23.9 Å². The Bertz CT molecular complexity index is 587. The molecule has 0 heterocycles. The summed E-state index contributed by atoms with van der Waals surface area (Å²) in [6.45, 7) is 0.608. The van der Waals surface area contributed by atoms with E-state index in [9.17, 15) is 0 Å². The van der Waals surface area contributed by atoms with Crippen LogP contribution in [0.3, 0.4) is 0 Å². The molecule has 3 N–H and O–H groups in total. The molecule has 0 aromatic heterocycles. The SMILES string of the molecule is N=C(N)c1ccc(OCCSc2cccc(Cl)c2)cc1. The van der Waals surface area contributed by atoms with E-state index in [0.717, 1.165) is 21.4 Å². The third kappa shape index (κ3) is 4.47. The summed E-state index contributed by atoms with van der Waals surface area (Å²) in [5.74, 6) is 1.68. The van der Waals surface area contributed by atoms with Crippen LogP contribution in [0.25, 0.3) is 0 Å². The number of nitrogen functional groups attached to an aromatic ring is 1. The van der Waals surface area contributed by atoms with Crippen molar-refractivity contribution in [3.05, 3.63) is 59.1 Å². The van der Waals surface area contributed by atoms with E-state index >= 15 is 0 Å². The first-order valence-corrected chi connectivity index (χ1v) is 7.47. The number of halogens is 1. The molecule has 3 nitrogen and oxygen atoms in total. The molecule has 0 saturated heterocycles. The minimum absolute atomic E-state index is 0.0630. The maximum absolute atomic E-state index is 7.31. The van der Waals surface area contributed by atoms with Crippen LogP contribution in [0.4, 0.5) is 0 Å². The molecule has 0 aliphatic heterocycles. The maximum atomic E-state index is 7.31. The second-order valence-electron chi connectivity index (χ2n) is 4.09. The normalized spacial score (nSPS) is 10.2. The number of hydrogen-bond acceptors (Lipinski definition) is 3. The van der Waals surface area contributed by atoms with E-state index in [0.29, 0.717) is 12.2 Å². The fraction of sp³-hybridized carbons (Fsp3) is 0.133. The van der Waals surface area contributed by atoms with Crippen LogP contribution >= 0.6 is 23.4 Å². The zero-order valence-corrected chi connectivity index (χ0v) is 12.4. The molecule has 0 radical (unpaired) electrons. The van der Waals surface area contributed by atoms with Gasteiger partial charge in [0, 0.05) is 21.2 Å². The van der Waals surface area contributed by atoms with Crippen LogP contribution < -0.4 is 10.5 Å². The standard InChI is InChI=1S/C15H15ClN2OS/c16-12-2-1-3-14(10-12)20-9-8-19-13-6-4-11(5-7-13)15(17)18/h1-7,10H,8-9H2,(H3,17,18). The highest BCUT2D eigenvalue weighted by atomic mass is 35.5. The van der Waals surface area contributed by atoms with Crippen LogP contribution in [0.15, 0.2) is 53.4 Å². The Hall–Kier alpha value is -1.65. The van der Waals surface area contributed by atoms with Crippen LogP contribution in [-0.2, 0) is 0 Å². The van der Waals surface area contributed by atoms with Crippen molar-refractivity contribution in [1.82, 2.24) is 0 Å². The van der Waals surface area contributed by atoms with E-state index in [1.807, 2.05) is 36.4 Å². The lowest BCUT2D eigenvalue weighted by Crippen LogP contribution is -2.10. The van der Waals surface area contributed by atoms with Crippen molar-refractivity contribution in [2.75, 3.05) is 12.4 Å². The first-order valence-electron chi connectivity index (χ1n) is 6.11. The Morgan fingerprint density at radius 3 is 2.60 bits per heavy atom. The number of thioether (sulfide) groups is 1. The summed E-state index contributed by atoms with van der Waals surface area (Å²) < 4.78 is 5.63. The lowest BCUT2D eigenvalue weighted by molar-refractivity contribution is 0.344. The van der Waals surface area contributed by atoms with Gasteiger partial charge in [-0.3, -0.25) is 5.41 Å². The highest BCUT2D eigenvalue weighted by Gasteiger charge is 1.99. The molecule has 20 heavy (non-hydrogen) atoms. The smallest absolute Gasteiger partial charge is 0.122 e. The van der Waals surface area contributed by atoms with E-state index in [2.05, 4.69) is 0 Å². The minimum Gasteiger partial charge on any atom is -0.493 e. The summed E-state index contributed by atoms with van der Waals surface area (Å²) in [6.07, 6.45) is 0. The number of ether oxygens (including phenoxy) is 1. The number of nitrogens with two attached hydrogens (primary N) is 1. The van der Waals surface area contributed by atoms with Gasteiger partial charge in [0.25, 0.3) is 0 Å². The number of rotatable bonds is 6. The molecule has 0 aliphatic rings. The van der Waals surface area contributed by atoms with Gasteiger partial charge in [-0.2, -0.15) is 0 Å². The number of nitrogens with one attached hydrogen (secondary N) is 1. The summed E-state index contributed by atoms with van der Waals surface area (Å²) in [5.41, 5.74) is 6.09. The molecule has 5 heteroatoms. The number of benzene rings is 2. The summed E-state index contributed by atoms with van der Waals surface area (Å²) in [7, 11) is 0. The Kier molecular flexibility index (Phi) is 5.32. The van der Waals surface area contributed by atoms with Crippen molar-refractivity contribution in [2.45, 2.75) is 4.90 Å². The van der Waals surface area contributed by atoms with Crippen molar-refractivity contribution < 1.29 is 4.74 Å². The quantitative estimate of drug-likeness (QED) is 0.369. The van der Waals surface area contributed by atoms with E-state index < -0.39 is 0 Å². The molecule has 0 saturated carbocycles. The van der Waals surface area contributed by atoms with Gasteiger partial charge in [-0.1, -0.05) is 17.7 Å². The first kappa shape index (κ1) is 14.8. The number of amidine groups is 1. The Balaban J connectivity index is 1.77. The van der Waals surface area contributed by atoms with Gasteiger partial charge in [-0.05, 0) is 42.5 Å². The van der Waals surface area contributed by atoms with Gasteiger partial charge in [0.1, 0.15) is 11.6 Å². The molecule has 0 fully saturated rings. The van der Waals surface area contributed by atoms with Crippen LogP contribution in [0.5, 0.6) is 5.75 Å². The van der Waals surface area contributed by atoms with Crippen LogP contribution in [0.1, 0.15) is 5.56 Å². The summed E-state index contributed by atoms with van der Waals surface area (Å²) in [6, 6.07) is 15.0. The molecule has 0 amide bonds. The molecule has 0 spiro atoms. The summed E-state index contributed by atoms with van der Waals surface area (Å²) in [4.78, 5) is 1.13. The van der Waals surface area contributed by atoms with E-state index in [1.165, 1.54) is 0 Å². The summed E-state index contributed by atoms with van der Waals surface area (Å²) >= 11 is 7.62. The third-order valence-electron chi connectivity index (χ3n) is 2.58. The molecular weight excluding hydrogens is 292 g/mol. The molecular formula is C15H15ClN2OS. The average molecular weight is 307 g/mol. The fourth-order valence-corrected chi connectivity index (χ4v) is 2.65. The highest BCUT2D eigenvalue weighted by molar-refractivity contribution is 7.99. The van der Waals surface area contributed by atoms with Crippen molar-refractivity contribution in [2.24, 2.45) is 5.73 Å². The second kappa shape index (κ2) is 7.22. The highest BCUT2D eigenvalue weighted by Crippen LogP contribution is 2.21. The third-order valence-corrected chi connectivity index (χ3v) is 3.78. The van der Waals surface area contributed by atoms with Gasteiger partial charge in [0.2, 0.25) is 0 Å². The van der Waals surface area contributed by atoms with Gasteiger partial charge in [0.05, 0.1) is 6.61 Å². The van der Waals surface area contributed by atoms with Crippen molar-refractivity contribution in [1.29, 1.82) is 5.41 Å². The van der Waals surface area contributed by atoms with Gasteiger partial charge < -0.3 is 10.5 Å².